The van der Waals surface area contributed by atoms with Gasteiger partial charge in [0.15, 0.2) is 0 Å². The first-order valence-electron chi connectivity index (χ1n) is 14.9. The molecule has 0 unspecified atom stereocenters. The summed E-state index contributed by atoms with van der Waals surface area (Å²) in [5.41, 5.74) is 8.95. The van der Waals surface area contributed by atoms with Crippen LogP contribution in [0.25, 0.3) is 11.1 Å². The van der Waals surface area contributed by atoms with Gasteiger partial charge >= 0.3 is 18.3 Å². The molecule has 1 aliphatic carbocycles. The first kappa shape index (κ1) is 36.0. The van der Waals surface area contributed by atoms with E-state index in [9.17, 15) is 14.4 Å². The van der Waals surface area contributed by atoms with Gasteiger partial charge in [-0.2, -0.15) is 0 Å². The Hall–Kier alpha value is -4.23. The molecule has 0 atom stereocenters. The number of carbonyl (C=O) groups is 3. The molecule has 0 heterocycles. The van der Waals surface area contributed by atoms with Gasteiger partial charge in [0, 0.05) is 25.6 Å². The monoisotopic (exact) mass is 608 g/mol. The predicted octanol–water partition coefficient (Wildman–Crippen LogP) is 5.65. The van der Waals surface area contributed by atoms with Gasteiger partial charge in [-0.15, -0.1) is 6.42 Å². The van der Waals surface area contributed by atoms with Crippen molar-refractivity contribution in [2.24, 2.45) is 5.73 Å². The van der Waals surface area contributed by atoms with Crippen LogP contribution in [0.5, 0.6) is 0 Å². The number of hydrogen-bond acceptors (Lipinski definition) is 7. The van der Waals surface area contributed by atoms with Crippen molar-refractivity contribution in [2.75, 3.05) is 39.3 Å². The fourth-order valence-electron chi connectivity index (χ4n) is 4.41. The molecule has 0 saturated carbocycles. The van der Waals surface area contributed by atoms with Crippen molar-refractivity contribution >= 4 is 18.3 Å². The highest BCUT2D eigenvalue weighted by molar-refractivity contribution is 5.79. The molecule has 4 N–H and O–H groups in total. The standard InChI is InChI=1S/C26H30N2O4.C8H18N2O2/c1-5-16-28(17-10-15-27-24(29)32-26(2,3)4)25(30)31-18-23-21-13-8-6-11-19(21)20-12-7-9-14-22(20)23;1-8(2,3)12-7(11)10-6-4-5-9/h1,6-9,11-14,23H,10,15-18H2,2-4H3,(H,27,29);4-6,9H2,1-3H3,(H,10,11). The van der Waals surface area contributed by atoms with Gasteiger partial charge in [-0.1, -0.05) is 54.5 Å². The van der Waals surface area contributed by atoms with Gasteiger partial charge in [0.1, 0.15) is 17.8 Å². The van der Waals surface area contributed by atoms with Crippen molar-refractivity contribution in [3.63, 3.8) is 0 Å². The second-order valence-electron chi connectivity index (χ2n) is 12.3. The molecule has 10 heteroatoms. The van der Waals surface area contributed by atoms with Crippen LogP contribution in [-0.4, -0.2) is 73.7 Å². The minimum Gasteiger partial charge on any atom is -0.448 e. The molecule has 0 bridgehead atoms. The highest BCUT2D eigenvalue weighted by Gasteiger charge is 2.29. The quantitative estimate of drug-likeness (QED) is 0.181. The molecule has 2 aromatic carbocycles. The Kier molecular flexibility index (Phi) is 14.0. The van der Waals surface area contributed by atoms with Gasteiger partial charge in [-0.3, -0.25) is 4.90 Å². The van der Waals surface area contributed by atoms with Crippen LogP contribution in [0.15, 0.2) is 48.5 Å². The number of nitrogens with zero attached hydrogens (tertiary/aromatic N) is 1. The minimum atomic E-state index is -0.555. The third-order valence-electron chi connectivity index (χ3n) is 6.20. The highest BCUT2D eigenvalue weighted by atomic mass is 16.6. The molecule has 44 heavy (non-hydrogen) atoms. The molecule has 0 spiro atoms. The molecule has 0 saturated heterocycles. The summed E-state index contributed by atoms with van der Waals surface area (Å²) in [5, 5.41) is 5.28. The fourth-order valence-corrected chi connectivity index (χ4v) is 4.41. The predicted molar refractivity (Wildman–Crippen MR) is 172 cm³/mol. The first-order chi connectivity index (χ1) is 20.8. The number of nitrogens with one attached hydrogen (secondary N) is 2. The Morgan fingerprint density at radius 2 is 1.32 bits per heavy atom. The van der Waals surface area contributed by atoms with Crippen LogP contribution in [0.4, 0.5) is 14.4 Å². The maximum atomic E-state index is 12.7. The molecular formula is C34H48N4O6. The van der Waals surface area contributed by atoms with E-state index in [0.29, 0.717) is 32.6 Å². The average Bonchev–Trinajstić information content (AvgIpc) is 3.25. The van der Waals surface area contributed by atoms with E-state index in [-0.39, 0.29) is 25.2 Å². The number of ether oxygens (including phenoxy) is 3. The molecule has 2 aromatic rings. The molecule has 0 aromatic heterocycles. The summed E-state index contributed by atoms with van der Waals surface area (Å²) in [6.45, 7) is 13.2. The number of hydrogen-bond donors (Lipinski definition) is 3. The van der Waals surface area contributed by atoms with Crippen molar-refractivity contribution in [2.45, 2.75) is 71.5 Å². The number of rotatable bonds is 10. The number of terminal acetylenes is 1. The summed E-state index contributed by atoms with van der Waals surface area (Å²) >= 11 is 0. The van der Waals surface area contributed by atoms with Crippen molar-refractivity contribution < 1.29 is 28.6 Å². The van der Waals surface area contributed by atoms with Crippen LogP contribution in [0.3, 0.4) is 0 Å². The molecule has 240 valence electrons. The van der Waals surface area contributed by atoms with Gasteiger partial charge in [0.2, 0.25) is 0 Å². The van der Waals surface area contributed by atoms with E-state index in [1.807, 2.05) is 45.0 Å². The molecule has 0 fully saturated rings. The van der Waals surface area contributed by atoms with Gasteiger partial charge in [-0.05, 0) is 83.2 Å². The van der Waals surface area contributed by atoms with Gasteiger partial charge < -0.3 is 30.6 Å². The van der Waals surface area contributed by atoms with Gasteiger partial charge in [0.05, 0.1) is 6.54 Å². The SMILES string of the molecule is C#CCN(CCCNC(=O)OC(C)(C)C)C(=O)OCC1c2ccccc2-c2ccccc21.CC(C)(C)OC(=O)NCCCN. The lowest BCUT2D eigenvalue weighted by molar-refractivity contribution is 0.0514. The molecule has 0 aliphatic heterocycles. The van der Waals surface area contributed by atoms with Crippen LogP contribution in [0.2, 0.25) is 0 Å². The first-order valence-corrected chi connectivity index (χ1v) is 14.9. The average molecular weight is 609 g/mol. The van der Waals surface area contributed by atoms with Crippen molar-refractivity contribution in [3.05, 3.63) is 59.7 Å². The fraction of sp³-hybridized carbons (Fsp3) is 0.500. The summed E-state index contributed by atoms with van der Waals surface area (Å²) in [4.78, 5) is 36.9. The van der Waals surface area contributed by atoms with Crippen LogP contribution >= 0.6 is 0 Å². The largest absolute Gasteiger partial charge is 0.448 e. The molecule has 3 rings (SSSR count). The molecule has 1 aliphatic rings. The van der Waals surface area contributed by atoms with Crippen LogP contribution in [-0.2, 0) is 14.2 Å². The van der Waals surface area contributed by atoms with E-state index in [1.165, 1.54) is 16.0 Å². The second kappa shape index (κ2) is 17.2. The van der Waals surface area contributed by atoms with Crippen LogP contribution < -0.4 is 16.4 Å². The normalized spacial score (nSPS) is 12.0. The minimum absolute atomic E-state index is 0.00660. The van der Waals surface area contributed by atoms with Crippen molar-refractivity contribution in [1.29, 1.82) is 0 Å². The number of benzene rings is 2. The molecular weight excluding hydrogens is 560 g/mol. The second-order valence-corrected chi connectivity index (χ2v) is 12.3. The summed E-state index contributed by atoms with van der Waals surface area (Å²) in [7, 11) is 0. The summed E-state index contributed by atoms with van der Waals surface area (Å²) < 4.78 is 15.9. The van der Waals surface area contributed by atoms with E-state index >= 15 is 0 Å². The number of alkyl carbamates (subject to hydrolysis) is 2. The topological polar surface area (TPSA) is 132 Å². The Morgan fingerprint density at radius 3 is 1.77 bits per heavy atom. The summed E-state index contributed by atoms with van der Waals surface area (Å²) in [6.07, 6.45) is 5.44. The van der Waals surface area contributed by atoms with Crippen molar-refractivity contribution in [3.8, 4) is 23.5 Å². The summed E-state index contributed by atoms with van der Waals surface area (Å²) in [6, 6.07) is 16.4. The maximum absolute atomic E-state index is 12.7. The number of fused-ring (bicyclic) bond motifs is 3. The Labute approximate surface area is 262 Å². The lowest BCUT2D eigenvalue weighted by atomic mass is 9.98. The Morgan fingerprint density at radius 1 is 0.841 bits per heavy atom. The van der Waals surface area contributed by atoms with E-state index in [1.54, 1.807) is 20.8 Å². The summed E-state index contributed by atoms with van der Waals surface area (Å²) in [5.74, 6) is 2.50. The Balaban J connectivity index is 0.000000477. The number of amides is 3. The van der Waals surface area contributed by atoms with Gasteiger partial charge in [-0.25, -0.2) is 14.4 Å². The molecule has 10 nitrogen and oxygen atoms in total. The van der Waals surface area contributed by atoms with E-state index in [0.717, 1.165) is 17.5 Å². The lowest BCUT2D eigenvalue weighted by Gasteiger charge is -2.22. The third-order valence-corrected chi connectivity index (χ3v) is 6.20. The number of nitrogens with two attached hydrogens (primary N) is 1. The zero-order valence-electron chi connectivity index (χ0n) is 26.9. The van der Waals surface area contributed by atoms with E-state index < -0.39 is 23.4 Å². The Bertz CT molecular complexity index is 1230. The van der Waals surface area contributed by atoms with Crippen LogP contribution in [0, 0.1) is 12.3 Å². The van der Waals surface area contributed by atoms with E-state index in [2.05, 4.69) is 40.8 Å². The maximum Gasteiger partial charge on any atom is 0.410 e. The van der Waals surface area contributed by atoms with Crippen molar-refractivity contribution in [1.82, 2.24) is 15.5 Å². The molecule has 3 amide bonds. The van der Waals surface area contributed by atoms with E-state index in [4.69, 9.17) is 26.4 Å². The smallest absolute Gasteiger partial charge is 0.410 e. The number of carbonyl (C=O) groups excluding carboxylic acids is 3. The third kappa shape index (κ3) is 12.6. The zero-order chi connectivity index (χ0) is 32.8. The van der Waals surface area contributed by atoms with Crippen LogP contribution in [0.1, 0.15) is 71.4 Å². The van der Waals surface area contributed by atoms with Gasteiger partial charge in [0.25, 0.3) is 0 Å². The highest BCUT2D eigenvalue weighted by Crippen LogP contribution is 2.44. The lowest BCUT2D eigenvalue weighted by Crippen LogP contribution is -2.37. The molecule has 0 radical (unpaired) electrons. The zero-order valence-corrected chi connectivity index (χ0v) is 26.9.